The van der Waals surface area contributed by atoms with E-state index in [1.807, 2.05) is 4.90 Å². The summed E-state index contributed by atoms with van der Waals surface area (Å²) in [6, 6.07) is 0. The standard InChI is InChI=1S/C7H14N2O.C7H12N2.H2O/c8-4-2-6-9-5-1-3-7(9)10;1-3-7-8-4-2-6-9(7)5-1;/h1-6,8H2;1-6H2;1H2. The molecule has 116 valence electrons. The smallest absolute Gasteiger partial charge is 0.222 e. The molecule has 0 spiro atoms. The minimum atomic E-state index is 0. The lowest BCUT2D eigenvalue weighted by atomic mass is 10.3. The molecule has 0 atom stereocenters. The van der Waals surface area contributed by atoms with Crippen molar-refractivity contribution in [2.75, 3.05) is 39.3 Å². The molecule has 3 heterocycles. The van der Waals surface area contributed by atoms with E-state index in [0.717, 1.165) is 38.9 Å². The zero-order valence-corrected chi connectivity index (χ0v) is 12.3. The number of fused-ring (bicyclic) bond motifs is 1. The van der Waals surface area contributed by atoms with Gasteiger partial charge in [-0.1, -0.05) is 0 Å². The van der Waals surface area contributed by atoms with Crippen LogP contribution < -0.4 is 5.73 Å². The molecule has 0 aliphatic carbocycles. The monoisotopic (exact) mass is 284 g/mol. The van der Waals surface area contributed by atoms with Crippen molar-refractivity contribution in [2.45, 2.75) is 38.5 Å². The highest BCUT2D eigenvalue weighted by atomic mass is 16.2. The molecule has 0 aromatic rings. The molecule has 0 saturated carbocycles. The van der Waals surface area contributed by atoms with Gasteiger partial charge in [0.25, 0.3) is 0 Å². The molecule has 0 bridgehead atoms. The molecule has 0 radical (unpaired) electrons. The maximum Gasteiger partial charge on any atom is 0.222 e. The second-order valence-corrected chi connectivity index (χ2v) is 5.37. The van der Waals surface area contributed by atoms with Gasteiger partial charge in [0, 0.05) is 45.6 Å². The van der Waals surface area contributed by atoms with Gasteiger partial charge in [-0.05, 0) is 32.2 Å². The Morgan fingerprint density at radius 3 is 2.50 bits per heavy atom. The van der Waals surface area contributed by atoms with Crippen molar-refractivity contribution in [1.82, 2.24) is 9.80 Å². The highest BCUT2D eigenvalue weighted by Crippen LogP contribution is 2.14. The van der Waals surface area contributed by atoms with E-state index in [1.54, 1.807) is 0 Å². The predicted molar refractivity (Wildman–Crippen MR) is 80.8 cm³/mol. The Kier molecular flexibility index (Phi) is 7.54. The van der Waals surface area contributed by atoms with Crippen LogP contribution in [0.2, 0.25) is 0 Å². The van der Waals surface area contributed by atoms with E-state index in [0.29, 0.717) is 12.5 Å². The highest BCUT2D eigenvalue weighted by molar-refractivity contribution is 5.84. The molecule has 20 heavy (non-hydrogen) atoms. The van der Waals surface area contributed by atoms with Gasteiger partial charge in [-0.2, -0.15) is 0 Å². The van der Waals surface area contributed by atoms with E-state index >= 15 is 0 Å². The van der Waals surface area contributed by atoms with E-state index in [1.165, 1.54) is 38.2 Å². The first-order valence-corrected chi connectivity index (χ1v) is 7.57. The molecular formula is C14H28N4O2. The van der Waals surface area contributed by atoms with Crippen molar-refractivity contribution in [2.24, 2.45) is 10.7 Å². The summed E-state index contributed by atoms with van der Waals surface area (Å²) in [7, 11) is 0. The Morgan fingerprint density at radius 1 is 1.10 bits per heavy atom. The van der Waals surface area contributed by atoms with Crippen molar-refractivity contribution in [3.05, 3.63) is 0 Å². The molecule has 0 aromatic carbocycles. The lowest BCUT2D eigenvalue weighted by Crippen LogP contribution is -2.29. The van der Waals surface area contributed by atoms with Crippen LogP contribution in [0.15, 0.2) is 4.99 Å². The van der Waals surface area contributed by atoms with Crippen molar-refractivity contribution < 1.29 is 10.3 Å². The Balaban J connectivity index is 0.000000191. The fourth-order valence-corrected chi connectivity index (χ4v) is 2.83. The summed E-state index contributed by atoms with van der Waals surface area (Å²) in [4.78, 5) is 19.7. The van der Waals surface area contributed by atoms with E-state index in [-0.39, 0.29) is 5.48 Å². The first-order valence-electron chi connectivity index (χ1n) is 7.57. The van der Waals surface area contributed by atoms with E-state index < -0.39 is 0 Å². The number of hydrogen-bond acceptors (Lipinski definition) is 4. The fourth-order valence-electron chi connectivity index (χ4n) is 2.83. The number of carbonyl (C=O) groups excluding carboxylic acids is 1. The second-order valence-electron chi connectivity index (χ2n) is 5.37. The third kappa shape index (κ3) is 4.76. The third-order valence-corrected chi connectivity index (χ3v) is 3.88. The van der Waals surface area contributed by atoms with E-state index in [2.05, 4.69) is 9.89 Å². The minimum Gasteiger partial charge on any atom is -0.412 e. The topological polar surface area (TPSA) is 93.4 Å². The molecule has 0 unspecified atom stereocenters. The minimum absolute atomic E-state index is 0. The summed E-state index contributed by atoms with van der Waals surface area (Å²) in [6.45, 7) is 6.08. The molecule has 1 amide bonds. The van der Waals surface area contributed by atoms with Crippen LogP contribution in [-0.2, 0) is 4.79 Å². The molecule has 3 aliphatic heterocycles. The quantitative estimate of drug-likeness (QED) is 0.791. The molecule has 0 aromatic heterocycles. The van der Waals surface area contributed by atoms with Crippen molar-refractivity contribution in [1.29, 1.82) is 0 Å². The van der Waals surface area contributed by atoms with Gasteiger partial charge in [0.1, 0.15) is 0 Å². The number of nitrogens with zero attached hydrogens (tertiary/aromatic N) is 3. The van der Waals surface area contributed by atoms with Gasteiger partial charge in [0.2, 0.25) is 5.91 Å². The van der Waals surface area contributed by atoms with Crippen molar-refractivity contribution >= 4 is 11.7 Å². The predicted octanol–water partition coefficient (Wildman–Crippen LogP) is 0.0173. The van der Waals surface area contributed by atoms with Crippen LogP contribution >= 0.6 is 0 Å². The van der Waals surface area contributed by atoms with E-state index in [4.69, 9.17) is 5.73 Å². The van der Waals surface area contributed by atoms with Gasteiger partial charge >= 0.3 is 0 Å². The molecule has 2 saturated heterocycles. The Morgan fingerprint density at radius 2 is 1.85 bits per heavy atom. The van der Waals surface area contributed by atoms with Gasteiger partial charge in [-0.3, -0.25) is 9.79 Å². The first-order chi connectivity index (χ1) is 9.31. The van der Waals surface area contributed by atoms with Gasteiger partial charge in [-0.15, -0.1) is 0 Å². The van der Waals surface area contributed by atoms with Crippen LogP contribution in [0.5, 0.6) is 0 Å². The van der Waals surface area contributed by atoms with Gasteiger partial charge in [-0.25, -0.2) is 0 Å². The SMILES string of the molecule is C1CN=C2CCCN2C1.NCCCN1CCCC1=O.O. The average molecular weight is 284 g/mol. The third-order valence-electron chi connectivity index (χ3n) is 3.88. The lowest BCUT2D eigenvalue weighted by Gasteiger charge is -2.21. The van der Waals surface area contributed by atoms with Crippen LogP contribution in [0.3, 0.4) is 0 Å². The number of amides is 1. The lowest BCUT2D eigenvalue weighted by molar-refractivity contribution is -0.127. The summed E-state index contributed by atoms with van der Waals surface area (Å²) in [6.07, 6.45) is 6.54. The van der Waals surface area contributed by atoms with Crippen molar-refractivity contribution in [3.63, 3.8) is 0 Å². The van der Waals surface area contributed by atoms with Crippen molar-refractivity contribution in [3.8, 4) is 0 Å². The van der Waals surface area contributed by atoms with Gasteiger partial charge in [0.15, 0.2) is 0 Å². The molecule has 6 nitrogen and oxygen atoms in total. The Hall–Kier alpha value is -1.14. The number of rotatable bonds is 3. The first kappa shape index (κ1) is 16.9. The fraction of sp³-hybridized carbons (Fsp3) is 0.857. The van der Waals surface area contributed by atoms with Gasteiger partial charge < -0.3 is 21.0 Å². The van der Waals surface area contributed by atoms with Gasteiger partial charge in [0.05, 0.1) is 5.84 Å². The van der Waals surface area contributed by atoms with Crippen LogP contribution in [0.25, 0.3) is 0 Å². The molecule has 2 fully saturated rings. The van der Waals surface area contributed by atoms with Crippen LogP contribution in [0.1, 0.15) is 38.5 Å². The molecule has 3 aliphatic rings. The summed E-state index contributed by atoms with van der Waals surface area (Å²) in [5.74, 6) is 1.68. The number of carbonyl (C=O) groups is 1. The largest absolute Gasteiger partial charge is 0.412 e. The number of nitrogens with two attached hydrogens (primary N) is 1. The molecular weight excluding hydrogens is 256 g/mol. The second kappa shape index (κ2) is 8.92. The average Bonchev–Trinajstić information content (AvgIpc) is 3.05. The Bertz CT molecular complexity index is 333. The van der Waals surface area contributed by atoms with E-state index in [9.17, 15) is 4.79 Å². The summed E-state index contributed by atoms with van der Waals surface area (Å²) in [5, 5.41) is 0. The normalized spacial score (nSPS) is 20.9. The summed E-state index contributed by atoms with van der Waals surface area (Å²) >= 11 is 0. The summed E-state index contributed by atoms with van der Waals surface area (Å²) in [5.41, 5.74) is 5.31. The summed E-state index contributed by atoms with van der Waals surface area (Å²) < 4.78 is 0. The van der Waals surface area contributed by atoms with Crippen LogP contribution in [0, 0.1) is 0 Å². The zero-order chi connectivity index (χ0) is 13.5. The maximum absolute atomic E-state index is 11.0. The van der Waals surface area contributed by atoms with Crippen LogP contribution in [-0.4, -0.2) is 66.3 Å². The number of aliphatic imine (C=N–C) groups is 1. The van der Waals surface area contributed by atoms with Crippen LogP contribution in [0.4, 0.5) is 0 Å². The highest BCUT2D eigenvalue weighted by Gasteiger charge is 2.19. The number of hydrogen-bond donors (Lipinski definition) is 1. The molecule has 3 rings (SSSR count). The molecule has 6 heteroatoms. The number of amidine groups is 1. The molecule has 4 N–H and O–H groups in total. The zero-order valence-electron chi connectivity index (χ0n) is 12.3. The Labute approximate surface area is 121 Å². The maximum atomic E-state index is 11.0. The number of likely N-dealkylation sites (tertiary alicyclic amines) is 1.